The van der Waals surface area contributed by atoms with Crippen molar-refractivity contribution in [2.75, 3.05) is 5.32 Å². The Labute approximate surface area is 137 Å². The van der Waals surface area contributed by atoms with E-state index in [1.165, 1.54) is 12.1 Å². The molecule has 7 heteroatoms. The lowest BCUT2D eigenvalue weighted by atomic mass is 10.1. The second kappa shape index (κ2) is 6.20. The Kier molecular flexibility index (Phi) is 4.69. The molecule has 0 spiro atoms. The topological polar surface area (TPSA) is 89.3 Å². The summed E-state index contributed by atoms with van der Waals surface area (Å²) in [6.07, 6.45) is 0. The fourth-order valence-corrected chi connectivity index (χ4v) is 2.80. The molecular formula is C15H15BrN2O3S. The predicted molar refractivity (Wildman–Crippen MR) is 89.4 cm³/mol. The minimum absolute atomic E-state index is 0.0262. The number of halogens is 1. The number of nitrogens with two attached hydrogens (primary N) is 1. The summed E-state index contributed by atoms with van der Waals surface area (Å²) in [5.74, 6) is -0.318. The van der Waals surface area contributed by atoms with Gasteiger partial charge < -0.3 is 5.32 Å². The molecule has 0 aromatic heterocycles. The number of sulfonamides is 1. The van der Waals surface area contributed by atoms with Crippen molar-refractivity contribution >= 4 is 37.5 Å². The summed E-state index contributed by atoms with van der Waals surface area (Å²) in [7, 11) is -3.83. The maximum absolute atomic E-state index is 12.2. The van der Waals surface area contributed by atoms with Crippen LogP contribution < -0.4 is 10.5 Å². The molecule has 0 aliphatic heterocycles. The summed E-state index contributed by atoms with van der Waals surface area (Å²) in [5.41, 5.74) is 2.42. The number of nitrogens with one attached hydrogen (secondary N) is 1. The van der Waals surface area contributed by atoms with Crippen molar-refractivity contribution in [1.29, 1.82) is 0 Å². The summed E-state index contributed by atoms with van der Waals surface area (Å²) < 4.78 is 23.9. The first-order valence-corrected chi connectivity index (χ1v) is 8.73. The zero-order valence-electron chi connectivity index (χ0n) is 12.1. The standard InChI is InChI=1S/C15H15BrN2O3S/c1-9-7-13(22(17,20)21)8-14(10(9)2)18-15(19)11-3-5-12(16)6-4-11/h3-8H,1-2H3,(H,18,19)(H2,17,20,21). The van der Waals surface area contributed by atoms with Crippen LogP contribution in [0.15, 0.2) is 45.8 Å². The minimum atomic E-state index is -3.83. The number of anilines is 1. The molecule has 0 fully saturated rings. The molecule has 5 nitrogen and oxygen atoms in total. The van der Waals surface area contributed by atoms with Crippen LogP contribution in [0.1, 0.15) is 21.5 Å². The van der Waals surface area contributed by atoms with E-state index in [4.69, 9.17) is 5.14 Å². The summed E-state index contributed by atoms with van der Waals surface area (Å²) in [6, 6.07) is 9.71. The van der Waals surface area contributed by atoms with Gasteiger partial charge in [0.2, 0.25) is 10.0 Å². The molecule has 3 N–H and O–H groups in total. The van der Waals surface area contributed by atoms with E-state index in [1.807, 2.05) is 0 Å². The number of amides is 1. The molecule has 0 saturated carbocycles. The summed E-state index contributed by atoms with van der Waals surface area (Å²) in [5, 5.41) is 7.88. The normalized spacial score (nSPS) is 11.3. The largest absolute Gasteiger partial charge is 0.322 e. The van der Waals surface area contributed by atoms with Gasteiger partial charge in [-0.25, -0.2) is 13.6 Å². The highest BCUT2D eigenvalue weighted by Gasteiger charge is 2.14. The van der Waals surface area contributed by atoms with Crippen molar-refractivity contribution < 1.29 is 13.2 Å². The van der Waals surface area contributed by atoms with Gasteiger partial charge in [-0.05, 0) is 61.4 Å². The fourth-order valence-electron chi connectivity index (χ4n) is 1.92. The van der Waals surface area contributed by atoms with Crippen molar-refractivity contribution in [2.24, 2.45) is 5.14 Å². The van der Waals surface area contributed by atoms with Gasteiger partial charge in [0.05, 0.1) is 4.90 Å². The van der Waals surface area contributed by atoms with E-state index in [0.717, 1.165) is 15.6 Å². The van der Waals surface area contributed by atoms with Crippen molar-refractivity contribution in [1.82, 2.24) is 0 Å². The number of carbonyl (C=O) groups is 1. The zero-order chi connectivity index (χ0) is 16.5. The SMILES string of the molecule is Cc1cc(S(N)(=O)=O)cc(NC(=O)c2ccc(Br)cc2)c1C. The van der Waals surface area contributed by atoms with E-state index in [9.17, 15) is 13.2 Å². The maximum atomic E-state index is 12.2. The Bertz CT molecular complexity index is 831. The molecule has 0 saturated heterocycles. The number of hydrogen-bond acceptors (Lipinski definition) is 3. The third-order valence-electron chi connectivity index (χ3n) is 3.32. The van der Waals surface area contributed by atoms with Crippen LogP contribution in [0.5, 0.6) is 0 Å². The molecule has 0 aliphatic carbocycles. The summed E-state index contributed by atoms with van der Waals surface area (Å²) in [6.45, 7) is 3.57. The van der Waals surface area contributed by atoms with E-state index in [0.29, 0.717) is 11.3 Å². The molecule has 22 heavy (non-hydrogen) atoms. The summed E-state index contributed by atoms with van der Waals surface area (Å²) >= 11 is 3.30. The molecule has 2 aromatic carbocycles. The molecule has 1 amide bonds. The van der Waals surface area contributed by atoms with Gasteiger partial charge >= 0.3 is 0 Å². The highest BCUT2D eigenvalue weighted by Crippen LogP contribution is 2.24. The lowest BCUT2D eigenvalue weighted by Crippen LogP contribution is -2.16. The molecule has 0 radical (unpaired) electrons. The van der Waals surface area contributed by atoms with E-state index in [1.54, 1.807) is 38.1 Å². The number of rotatable bonds is 3. The number of primary sulfonamides is 1. The first-order valence-electron chi connectivity index (χ1n) is 6.39. The van der Waals surface area contributed by atoms with Crippen LogP contribution in [0, 0.1) is 13.8 Å². The third-order valence-corrected chi connectivity index (χ3v) is 4.75. The minimum Gasteiger partial charge on any atom is -0.322 e. The van der Waals surface area contributed by atoms with Crippen molar-refractivity contribution in [3.63, 3.8) is 0 Å². The molecule has 0 aliphatic rings. The lowest BCUT2D eigenvalue weighted by Gasteiger charge is -2.13. The Morgan fingerprint density at radius 1 is 1.14 bits per heavy atom. The molecule has 0 atom stereocenters. The van der Waals surface area contributed by atoms with Crippen molar-refractivity contribution in [3.8, 4) is 0 Å². The van der Waals surface area contributed by atoms with E-state index >= 15 is 0 Å². The average Bonchev–Trinajstić information content (AvgIpc) is 2.43. The van der Waals surface area contributed by atoms with Crippen LogP contribution in [0.25, 0.3) is 0 Å². The van der Waals surface area contributed by atoms with Crippen LogP contribution in [0.4, 0.5) is 5.69 Å². The number of aryl methyl sites for hydroxylation is 1. The van der Waals surface area contributed by atoms with Gasteiger partial charge in [-0.15, -0.1) is 0 Å². The Balaban J connectivity index is 2.38. The van der Waals surface area contributed by atoms with Crippen LogP contribution in [0.2, 0.25) is 0 Å². The molecule has 0 unspecified atom stereocenters. The van der Waals surface area contributed by atoms with Gasteiger partial charge in [-0.1, -0.05) is 15.9 Å². The first kappa shape index (κ1) is 16.7. The Morgan fingerprint density at radius 2 is 1.73 bits per heavy atom. The van der Waals surface area contributed by atoms with Gasteiger partial charge in [0.1, 0.15) is 0 Å². The maximum Gasteiger partial charge on any atom is 0.255 e. The molecule has 0 heterocycles. The quantitative estimate of drug-likeness (QED) is 0.854. The highest BCUT2D eigenvalue weighted by atomic mass is 79.9. The van der Waals surface area contributed by atoms with Gasteiger partial charge in [0.15, 0.2) is 0 Å². The first-order chi connectivity index (χ1) is 10.2. The second-order valence-electron chi connectivity index (χ2n) is 4.92. The van der Waals surface area contributed by atoms with Gasteiger partial charge in [0, 0.05) is 15.7 Å². The Hall–Kier alpha value is -1.70. The number of hydrogen-bond donors (Lipinski definition) is 2. The molecule has 2 aromatic rings. The van der Waals surface area contributed by atoms with Crippen LogP contribution in [-0.4, -0.2) is 14.3 Å². The van der Waals surface area contributed by atoms with Gasteiger partial charge in [-0.3, -0.25) is 4.79 Å². The van der Waals surface area contributed by atoms with Gasteiger partial charge in [-0.2, -0.15) is 0 Å². The smallest absolute Gasteiger partial charge is 0.255 e. The third kappa shape index (κ3) is 3.73. The monoisotopic (exact) mass is 382 g/mol. The van der Waals surface area contributed by atoms with Crippen LogP contribution in [-0.2, 0) is 10.0 Å². The average molecular weight is 383 g/mol. The fraction of sp³-hybridized carbons (Fsp3) is 0.133. The van der Waals surface area contributed by atoms with E-state index in [-0.39, 0.29) is 10.8 Å². The molecule has 116 valence electrons. The second-order valence-corrected chi connectivity index (χ2v) is 7.40. The molecule has 2 rings (SSSR count). The molecular weight excluding hydrogens is 368 g/mol. The van der Waals surface area contributed by atoms with Crippen LogP contribution in [0.3, 0.4) is 0 Å². The summed E-state index contributed by atoms with van der Waals surface area (Å²) in [4.78, 5) is 12.2. The van der Waals surface area contributed by atoms with E-state index in [2.05, 4.69) is 21.2 Å². The van der Waals surface area contributed by atoms with E-state index < -0.39 is 10.0 Å². The lowest BCUT2D eigenvalue weighted by molar-refractivity contribution is 0.102. The predicted octanol–water partition coefficient (Wildman–Crippen LogP) is 2.97. The number of carbonyl (C=O) groups excluding carboxylic acids is 1. The number of benzene rings is 2. The zero-order valence-corrected chi connectivity index (χ0v) is 14.5. The van der Waals surface area contributed by atoms with Crippen LogP contribution >= 0.6 is 15.9 Å². The van der Waals surface area contributed by atoms with Crippen molar-refractivity contribution in [2.45, 2.75) is 18.7 Å². The van der Waals surface area contributed by atoms with Crippen molar-refractivity contribution in [3.05, 3.63) is 57.6 Å². The highest BCUT2D eigenvalue weighted by molar-refractivity contribution is 9.10. The molecule has 0 bridgehead atoms. The Morgan fingerprint density at radius 3 is 2.27 bits per heavy atom. The van der Waals surface area contributed by atoms with Gasteiger partial charge in [0.25, 0.3) is 5.91 Å².